The molecule has 2 nitrogen and oxygen atoms in total. The average Bonchev–Trinajstić information content (AvgIpc) is 2.69. The molecular weight excluding hydrogens is 306 g/mol. The van der Waals surface area contributed by atoms with Gasteiger partial charge in [-0.1, -0.05) is 68.9 Å². The Morgan fingerprint density at radius 3 is 2.00 bits per heavy atom. The van der Waals surface area contributed by atoms with Crippen LogP contribution in [0.1, 0.15) is 69.8 Å². The van der Waals surface area contributed by atoms with E-state index in [1.807, 2.05) is 12.1 Å². The summed E-state index contributed by atoms with van der Waals surface area (Å²) < 4.78 is 0. The molecule has 0 aromatic heterocycles. The molecule has 0 spiro atoms. The summed E-state index contributed by atoms with van der Waals surface area (Å²) >= 11 is 0. The van der Waals surface area contributed by atoms with Crippen molar-refractivity contribution in [3.63, 3.8) is 0 Å². The molecular formula is C23H31NO. The van der Waals surface area contributed by atoms with Crippen molar-refractivity contribution >= 4 is 10.8 Å². The first kappa shape index (κ1) is 16.9. The zero-order valence-electron chi connectivity index (χ0n) is 15.3. The fourth-order valence-corrected chi connectivity index (χ4v) is 5.05. The van der Waals surface area contributed by atoms with Gasteiger partial charge in [0, 0.05) is 24.2 Å². The smallest absolute Gasteiger partial charge is 0.120 e. The van der Waals surface area contributed by atoms with E-state index in [0.717, 1.165) is 12.1 Å². The minimum Gasteiger partial charge on any atom is -0.508 e. The Morgan fingerprint density at radius 1 is 0.760 bits per heavy atom. The zero-order chi connectivity index (χ0) is 17.1. The maximum atomic E-state index is 10.6. The lowest BCUT2D eigenvalue weighted by Gasteiger charge is -2.42. The summed E-state index contributed by atoms with van der Waals surface area (Å²) in [6.45, 7) is 0.905. The van der Waals surface area contributed by atoms with Crippen LogP contribution in [-0.4, -0.2) is 22.1 Å². The first-order chi connectivity index (χ1) is 12.3. The Hall–Kier alpha value is -1.54. The molecule has 2 aliphatic rings. The van der Waals surface area contributed by atoms with Crippen molar-refractivity contribution in [2.24, 2.45) is 0 Å². The summed E-state index contributed by atoms with van der Waals surface area (Å²) in [6, 6.07) is 13.8. The SMILES string of the molecule is Oc1ccc2ccccc2c1CN(C1CCCCC1)C1CCCCC1. The second-order valence-electron chi connectivity index (χ2n) is 8.04. The summed E-state index contributed by atoms with van der Waals surface area (Å²) in [5.41, 5.74) is 1.13. The standard InChI is InChI=1S/C23H31NO/c25-23-16-15-18-9-7-8-14-21(18)22(23)17-24(19-10-3-1-4-11-19)20-12-5-2-6-13-20/h7-9,14-16,19-20,25H,1-6,10-13,17H2. The molecule has 134 valence electrons. The van der Waals surface area contributed by atoms with E-state index in [2.05, 4.69) is 29.2 Å². The third kappa shape index (κ3) is 3.69. The van der Waals surface area contributed by atoms with Crippen molar-refractivity contribution in [3.05, 3.63) is 42.0 Å². The van der Waals surface area contributed by atoms with Crippen LogP contribution in [0.25, 0.3) is 10.8 Å². The number of nitrogens with zero attached hydrogens (tertiary/aromatic N) is 1. The van der Waals surface area contributed by atoms with Crippen LogP contribution in [0.3, 0.4) is 0 Å². The Balaban J connectivity index is 1.67. The van der Waals surface area contributed by atoms with Crippen LogP contribution < -0.4 is 0 Å². The summed E-state index contributed by atoms with van der Waals surface area (Å²) in [5, 5.41) is 13.1. The van der Waals surface area contributed by atoms with Crippen molar-refractivity contribution in [2.45, 2.75) is 82.8 Å². The Bertz CT molecular complexity index is 680. The second-order valence-corrected chi connectivity index (χ2v) is 8.04. The lowest BCUT2D eigenvalue weighted by atomic mass is 9.88. The molecule has 0 bridgehead atoms. The molecule has 0 saturated heterocycles. The van der Waals surface area contributed by atoms with E-state index < -0.39 is 0 Å². The fourth-order valence-electron chi connectivity index (χ4n) is 5.05. The van der Waals surface area contributed by atoms with Gasteiger partial charge in [-0.3, -0.25) is 4.90 Å². The van der Waals surface area contributed by atoms with Crippen molar-refractivity contribution < 1.29 is 5.11 Å². The zero-order valence-corrected chi connectivity index (χ0v) is 15.3. The number of aromatic hydroxyl groups is 1. The quantitative estimate of drug-likeness (QED) is 0.738. The fraction of sp³-hybridized carbons (Fsp3) is 0.565. The van der Waals surface area contributed by atoms with E-state index in [-0.39, 0.29) is 0 Å². The summed E-state index contributed by atoms with van der Waals surface area (Å²) in [7, 11) is 0. The molecule has 1 N–H and O–H groups in total. The molecule has 0 radical (unpaired) electrons. The van der Waals surface area contributed by atoms with Gasteiger partial charge in [0.2, 0.25) is 0 Å². The number of rotatable bonds is 4. The Kier molecular flexibility index (Phi) is 5.26. The second kappa shape index (κ2) is 7.78. The third-order valence-electron chi connectivity index (χ3n) is 6.44. The summed E-state index contributed by atoms with van der Waals surface area (Å²) in [6.07, 6.45) is 13.6. The predicted molar refractivity (Wildman–Crippen MR) is 105 cm³/mol. The molecule has 2 aliphatic carbocycles. The van der Waals surface area contributed by atoms with Gasteiger partial charge in [0.05, 0.1) is 0 Å². The van der Waals surface area contributed by atoms with E-state index in [1.54, 1.807) is 0 Å². The van der Waals surface area contributed by atoms with Gasteiger partial charge in [0.25, 0.3) is 0 Å². The van der Waals surface area contributed by atoms with E-state index in [1.165, 1.54) is 75.0 Å². The van der Waals surface area contributed by atoms with E-state index in [0.29, 0.717) is 17.8 Å². The highest BCUT2D eigenvalue weighted by atomic mass is 16.3. The largest absolute Gasteiger partial charge is 0.508 e. The summed E-state index contributed by atoms with van der Waals surface area (Å²) in [5.74, 6) is 0.468. The van der Waals surface area contributed by atoms with E-state index >= 15 is 0 Å². The van der Waals surface area contributed by atoms with Gasteiger partial charge < -0.3 is 5.11 Å². The number of hydrogen-bond donors (Lipinski definition) is 1. The van der Waals surface area contributed by atoms with Crippen LogP contribution in [0.5, 0.6) is 5.75 Å². The first-order valence-electron chi connectivity index (χ1n) is 10.3. The molecule has 2 aromatic rings. The number of phenols is 1. The Labute approximate surface area is 151 Å². The highest BCUT2D eigenvalue weighted by molar-refractivity contribution is 5.87. The van der Waals surface area contributed by atoms with Crippen LogP contribution in [-0.2, 0) is 6.54 Å². The molecule has 0 aliphatic heterocycles. The van der Waals surface area contributed by atoms with Crippen molar-refractivity contribution in [2.75, 3.05) is 0 Å². The van der Waals surface area contributed by atoms with Crippen LogP contribution in [0.15, 0.2) is 36.4 Å². The number of benzene rings is 2. The van der Waals surface area contributed by atoms with Gasteiger partial charge >= 0.3 is 0 Å². The van der Waals surface area contributed by atoms with Gasteiger partial charge in [-0.2, -0.15) is 0 Å². The van der Waals surface area contributed by atoms with Crippen molar-refractivity contribution in [1.82, 2.24) is 4.90 Å². The molecule has 2 aromatic carbocycles. The van der Waals surface area contributed by atoms with Gasteiger partial charge in [-0.15, -0.1) is 0 Å². The average molecular weight is 338 g/mol. The molecule has 0 amide bonds. The topological polar surface area (TPSA) is 23.5 Å². The van der Waals surface area contributed by atoms with Crippen molar-refractivity contribution in [3.8, 4) is 5.75 Å². The Morgan fingerprint density at radius 2 is 1.36 bits per heavy atom. The molecule has 2 heteroatoms. The number of hydrogen-bond acceptors (Lipinski definition) is 2. The van der Waals surface area contributed by atoms with Crippen LogP contribution in [0.2, 0.25) is 0 Å². The van der Waals surface area contributed by atoms with Gasteiger partial charge in [0.15, 0.2) is 0 Å². The maximum Gasteiger partial charge on any atom is 0.120 e. The monoisotopic (exact) mass is 337 g/mol. The normalized spacial score (nSPS) is 20.4. The first-order valence-corrected chi connectivity index (χ1v) is 10.3. The van der Waals surface area contributed by atoms with Crippen LogP contribution in [0.4, 0.5) is 0 Å². The molecule has 4 rings (SSSR count). The summed E-state index contributed by atoms with van der Waals surface area (Å²) in [4.78, 5) is 2.78. The maximum absolute atomic E-state index is 10.6. The molecule has 2 fully saturated rings. The van der Waals surface area contributed by atoms with Gasteiger partial charge in [-0.05, 0) is 42.5 Å². The highest BCUT2D eigenvalue weighted by Crippen LogP contribution is 2.35. The minimum absolute atomic E-state index is 0.468. The highest BCUT2D eigenvalue weighted by Gasteiger charge is 2.29. The number of phenolic OH excluding ortho intramolecular Hbond substituents is 1. The minimum atomic E-state index is 0.468. The molecule has 0 heterocycles. The van der Waals surface area contributed by atoms with Crippen LogP contribution >= 0.6 is 0 Å². The van der Waals surface area contributed by atoms with Gasteiger partial charge in [0.1, 0.15) is 5.75 Å². The van der Waals surface area contributed by atoms with Crippen LogP contribution in [0, 0.1) is 0 Å². The third-order valence-corrected chi connectivity index (χ3v) is 6.44. The molecule has 25 heavy (non-hydrogen) atoms. The van der Waals surface area contributed by atoms with Crippen molar-refractivity contribution in [1.29, 1.82) is 0 Å². The lowest BCUT2D eigenvalue weighted by Crippen LogP contribution is -2.44. The lowest BCUT2D eigenvalue weighted by molar-refractivity contribution is 0.0728. The number of fused-ring (bicyclic) bond motifs is 1. The predicted octanol–water partition coefficient (Wildman–Crippen LogP) is 6.01. The molecule has 0 unspecified atom stereocenters. The van der Waals surface area contributed by atoms with E-state index in [9.17, 15) is 5.11 Å². The van der Waals surface area contributed by atoms with Gasteiger partial charge in [-0.25, -0.2) is 0 Å². The van der Waals surface area contributed by atoms with E-state index in [4.69, 9.17) is 0 Å². The molecule has 2 saturated carbocycles. The molecule has 0 atom stereocenters.